The van der Waals surface area contributed by atoms with Crippen LogP contribution < -0.4 is 10.0 Å². The van der Waals surface area contributed by atoms with E-state index in [2.05, 4.69) is 10.0 Å². The highest BCUT2D eigenvalue weighted by atomic mass is 32.2. The average molecular weight is 470 g/mol. The van der Waals surface area contributed by atoms with Gasteiger partial charge in [0.25, 0.3) is 15.9 Å². The summed E-state index contributed by atoms with van der Waals surface area (Å²) in [5.74, 6) is -0.519. The highest BCUT2D eigenvalue weighted by molar-refractivity contribution is 7.89. The van der Waals surface area contributed by atoms with Crippen LogP contribution in [-0.2, 0) is 24.9 Å². The quantitative estimate of drug-likeness (QED) is 0.601. The molecule has 0 aliphatic carbocycles. The maximum atomic E-state index is 12.8. The van der Waals surface area contributed by atoms with E-state index < -0.39 is 31.5 Å². The Morgan fingerprint density at radius 1 is 0.968 bits per heavy atom. The van der Waals surface area contributed by atoms with Crippen LogP contribution in [0.15, 0.2) is 52.3 Å². The molecule has 0 aromatic heterocycles. The lowest BCUT2D eigenvalue weighted by molar-refractivity contribution is -0.0258. The van der Waals surface area contributed by atoms with Gasteiger partial charge >= 0.3 is 0 Å². The van der Waals surface area contributed by atoms with Crippen LogP contribution >= 0.6 is 0 Å². The molecule has 1 amide bonds. The van der Waals surface area contributed by atoms with Crippen LogP contribution in [0.4, 0.5) is 5.69 Å². The van der Waals surface area contributed by atoms with Crippen LogP contribution in [-0.4, -0.2) is 46.9 Å². The Morgan fingerprint density at radius 2 is 1.52 bits per heavy atom. The molecule has 2 N–H and O–H groups in total. The van der Waals surface area contributed by atoms with E-state index in [0.29, 0.717) is 11.3 Å². The summed E-state index contributed by atoms with van der Waals surface area (Å²) >= 11 is 0. The van der Waals surface area contributed by atoms with Crippen molar-refractivity contribution >= 4 is 31.6 Å². The highest BCUT2D eigenvalue weighted by Gasteiger charge is 2.24. The first kappa shape index (κ1) is 25.0. The smallest absolute Gasteiger partial charge is 0.264 e. The van der Waals surface area contributed by atoms with Gasteiger partial charge in [-0.2, -0.15) is 0 Å². The Bertz CT molecular complexity index is 1170. The van der Waals surface area contributed by atoms with E-state index in [0.717, 1.165) is 4.47 Å². The molecule has 0 unspecified atom stereocenters. The summed E-state index contributed by atoms with van der Waals surface area (Å²) < 4.78 is 52.9. The molecule has 9 nitrogen and oxygen atoms in total. The van der Waals surface area contributed by atoms with E-state index in [4.69, 9.17) is 4.84 Å². The van der Waals surface area contributed by atoms with Crippen molar-refractivity contribution in [2.45, 2.75) is 43.0 Å². The normalized spacial score (nSPS) is 12.7. The minimum atomic E-state index is -3.81. The highest BCUT2D eigenvalue weighted by Crippen LogP contribution is 2.21. The van der Waals surface area contributed by atoms with Gasteiger partial charge in [0, 0.05) is 23.8 Å². The van der Waals surface area contributed by atoms with Gasteiger partial charge in [0.05, 0.1) is 16.9 Å². The number of aryl methyl sites for hydroxylation is 1. The summed E-state index contributed by atoms with van der Waals surface area (Å²) in [7, 11) is -5.11. The molecule has 2 aromatic carbocycles. The number of rotatable bonds is 7. The number of sulfonamides is 2. The zero-order valence-corrected chi connectivity index (χ0v) is 19.9. The summed E-state index contributed by atoms with van der Waals surface area (Å²) in [6.07, 6.45) is 0. The molecule has 2 rings (SSSR count). The molecule has 2 aromatic rings. The largest absolute Gasteiger partial charge is 0.322 e. The third kappa shape index (κ3) is 6.11. The van der Waals surface area contributed by atoms with Crippen molar-refractivity contribution in [2.24, 2.45) is 0 Å². The number of carbonyl (C=O) groups is 1. The van der Waals surface area contributed by atoms with Crippen LogP contribution in [0.3, 0.4) is 0 Å². The molecule has 0 heterocycles. The van der Waals surface area contributed by atoms with E-state index >= 15 is 0 Å². The molecule has 0 aliphatic heterocycles. The predicted molar refractivity (Wildman–Crippen MR) is 118 cm³/mol. The first-order valence-corrected chi connectivity index (χ1v) is 12.2. The maximum Gasteiger partial charge on any atom is 0.264 e. The van der Waals surface area contributed by atoms with Crippen molar-refractivity contribution in [3.63, 3.8) is 0 Å². The van der Waals surface area contributed by atoms with E-state index in [-0.39, 0.29) is 15.4 Å². The van der Waals surface area contributed by atoms with Gasteiger partial charge in [-0.25, -0.2) is 21.6 Å². The first-order valence-electron chi connectivity index (χ1n) is 9.26. The summed E-state index contributed by atoms with van der Waals surface area (Å²) in [4.78, 5) is 17.5. The first-order chi connectivity index (χ1) is 14.2. The summed E-state index contributed by atoms with van der Waals surface area (Å²) in [6.45, 7) is 6.86. The zero-order chi connectivity index (χ0) is 23.6. The van der Waals surface area contributed by atoms with E-state index in [9.17, 15) is 21.6 Å². The van der Waals surface area contributed by atoms with Gasteiger partial charge < -0.3 is 5.32 Å². The number of carbonyl (C=O) groups excluding carboxylic acids is 1. The Hall–Kier alpha value is -2.31. The SMILES string of the molecule is CON(C)S(=O)(=O)c1ccc(NC(=O)c2cc(S(=O)(=O)NC(C)(C)C)ccc2C)cc1. The fourth-order valence-electron chi connectivity index (χ4n) is 2.63. The molecule has 0 radical (unpaired) electrons. The Kier molecular flexibility index (Phi) is 7.28. The zero-order valence-electron chi connectivity index (χ0n) is 18.3. The number of hydrogen-bond donors (Lipinski definition) is 2. The lowest BCUT2D eigenvalue weighted by Crippen LogP contribution is -2.40. The average Bonchev–Trinajstić information content (AvgIpc) is 2.65. The Labute approximate surface area is 183 Å². The second kappa shape index (κ2) is 9.05. The standard InChI is InChI=1S/C20H27N3O6S2/c1-14-7-10-17(30(25,26)22-20(2,3)4)13-18(14)19(24)21-15-8-11-16(12-9-15)31(27,28)23(5)29-6/h7-13,22H,1-6H3,(H,21,24). The third-order valence-electron chi connectivity index (χ3n) is 4.21. The molecule has 31 heavy (non-hydrogen) atoms. The summed E-state index contributed by atoms with van der Waals surface area (Å²) in [6, 6.07) is 9.85. The van der Waals surface area contributed by atoms with E-state index in [1.165, 1.54) is 50.6 Å². The van der Waals surface area contributed by atoms with Crippen LogP contribution in [0.25, 0.3) is 0 Å². The second-order valence-electron chi connectivity index (χ2n) is 7.91. The molecule has 170 valence electrons. The topological polar surface area (TPSA) is 122 Å². The fraction of sp³-hybridized carbons (Fsp3) is 0.350. The molecule has 0 fully saturated rings. The number of hydroxylamine groups is 1. The summed E-state index contributed by atoms with van der Waals surface area (Å²) in [5.41, 5.74) is 0.454. The lowest BCUT2D eigenvalue weighted by Gasteiger charge is -2.20. The number of amides is 1. The number of benzene rings is 2. The van der Waals surface area contributed by atoms with Crippen molar-refractivity contribution in [3.8, 4) is 0 Å². The molecule has 0 saturated carbocycles. The van der Waals surface area contributed by atoms with E-state index in [1.54, 1.807) is 33.8 Å². The van der Waals surface area contributed by atoms with Gasteiger partial charge in [-0.05, 0) is 69.7 Å². The lowest BCUT2D eigenvalue weighted by atomic mass is 10.1. The predicted octanol–water partition coefficient (Wildman–Crippen LogP) is 2.51. The molecular formula is C20H27N3O6S2. The molecule has 11 heteroatoms. The van der Waals surface area contributed by atoms with Crippen LogP contribution in [0.1, 0.15) is 36.7 Å². The van der Waals surface area contributed by atoms with Crippen molar-refractivity contribution in [2.75, 3.05) is 19.5 Å². The molecule has 0 atom stereocenters. The number of nitrogens with one attached hydrogen (secondary N) is 2. The fourth-order valence-corrected chi connectivity index (χ4v) is 5.05. The minimum Gasteiger partial charge on any atom is -0.322 e. The second-order valence-corrected chi connectivity index (χ2v) is 11.5. The Balaban J connectivity index is 2.28. The molecule has 0 saturated heterocycles. The third-order valence-corrected chi connectivity index (χ3v) is 7.66. The van der Waals surface area contributed by atoms with Gasteiger partial charge in [-0.15, -0.1) is 0 Å². The van der Waals surface area contributed by atoms with Gasteiger partial charge in [-0.3, -0.25) is 9.63 Å². The van der Waals surface area contributed by atoms with Gasteiger partial charge in [0.1, 0.15) is 0 Å². The van der Waals surface area contributed by atoms with Crippen molar-refractivity contribution in [3.05, 3.63) is 53.6 Å². The Morgan fingerprint density at radius 3 is 2.03 bits per heavy atom. The van der Waals surface area contributed by atoms with Crippen molar-refractivity contribution in [1.29, 1.82) is 0 Å². The van der Waals surface area contributed by atoms with Crippen LogP contribution in [0.2, 0.25) is 0 Å². The van der Waals surface area contributed by atoms with Gasteiger partial charge in [0.2, 0.25) is 10.0 Å². The van der Waals surface area contributed by atoms with E-state index in [1.807, 2.05) is 0 Å². The molecule has 0 spiro atoms. The number of nitrogens with zero attached hydrogens (tertiary/aromatic N) is 1. The molecule has 0 bridgehead atoms. The molecule has 0 aliphatic rings. The van der Waals surface area contributed by atoms with Crippen LogP contribution in [0.5, 0.6) is 0 Å². The van der Waals surface area contributed by atoms with Crippen molar-refractivity contribution < 1.29 is 26.5 Å². The van der Waals surface area contributed by atoms with Gasteiger partial charge in [-0.1, -0.05) is 10.5 Å². The minimum absolute atomic E-state index is 0.00706. The monoisotopic (exact) mass is 469 g/mol. The van der Waals surface area contributed by atoms with Gasteiger partial charge in [0.15, 0.2) is 0 Å². The maximum absolute atomic E-state index is 12.8. The van der Waals surface area contributed by atoms with Crippen LogP contribution in [0, 0.1) is 6.92 Å². The summed E-state index contributed by atoms with van der Waals surface area (Å²) in [5, 5.41) is 2.65. The molecular weight excluding hydrogens is 442 g/mol. The number of hydrogen-bond acceptors (Lipinski definition) is 6. The number of anilines is 1. The van der Waals surface area contributed by atoms with Crippen molar-refractivity contribution in [1.82, 2.24) is 9.19 Å².